The zero-order chi connectivity index (χ0) is 19.8. The van der Waals surface area contributed by atoms with Crippen LogP contribution in [-0.2, 0) is 9.53 Å². The third-order valence-corrected chi connectivity index (χ3v) is 4.10. The lowest BCUT2D eigenvalue weighted by Crippen LogP contribution is -2.26. The van der Waals surface area contributed by atoms with Gasteiger partial charge in [-0.25, -0.2) is 5.43 Å². The molecule has 0 fully saturated rings. The van der Waals surface area contributed by atoms with Gasteiger partial charge in [-0.3, -0.25) is 4.79 Å². The van der Waals surface area contributed by atoms with Gasteiger partial charge in [0.05, 0.1) is 25.0 Å². The fourth-order valence-electron chi connectivity index (χ4n) is 2.38. The summed E-state index contributed by atoms with van der Waals surface area (Å²) in [6.07, 6.45) is 0.651. The molecule has 0 saturated carbocycles. The molecule has 0 radical (unpaired) electrons. The molecule has 8 heteroatoms. The molecule has 0 aliphatic rings. The zero-order valence-corrected chi connectivity index (χ0v) is 16.7. The molecule has 27 heavy (non-hydrogen) atoms. The highest BCUT2D eigenvalue weighted by Gasteiger charge is 2.19. The highest BCUT2D eigenvalue weighted by molar-refractivity contribution is 6.32. The van der Waals surface area contributed by atoms with Gasteiger partial charge in [-0.2, -0.15) is 5.10 Å². The van der Waals surface area contributed by atoms with E-state index in [0.717, 1.165) is 0 Å². The lowest BCUT2D eigenvalue weighted by molar-refractivity contribution is -0.131. The molecule has 0 saturated heterocycles. The molecule has 0 spiro atoms. The monoisotopic (exact) mass is 410 g/mol. The smallest absolute Gasteiger partial charge is 0.273 e. The van der Waals surface area contributed by atoms with E-state index >= 15 is 0 Å². The standard InChI is InChI=1S/C19H20Cl2N2O4/c1-4-27-16-10-12(9-15(21)18(16)26-3)11-22-23-19(24)17(25-2)13-5-7-14(20)8-6-13/h5-11,17H,4H2,1-3H3,(H,23,24). The van der Waals surface area contributed by atoms with Crippen LogP contribution in [0.25, 0.3) is 0 Å². The van der Waals surface area contributed by atoms with Gasteiger partial charge < -0.3 is 14.2 Å². The van der Waals surface area contributed by atoms with E-state index in [9.17, 15) is 4.79 Å². The van der Waals surface area contributed by atoms with Crippen LogP contribution in [0.15, 0.2) is 41.5 Å². The van der Waals surface area contributed by atoms with Gasteiger partial charge in [0.15, 0.2) is 17.6 Å². The molecular formula is C19H20Cl2N2O4. The minimum Gasteiger partial charge on any atom is -0.491 e. The van der Waals surface area contributed by atoms with Gasteiger partial charge in [0.2, 0.25) is 0 Å². The summed E-state index contributed by atoms with van der Waals surface area (Å²) in [6, 6.07) is 10.2. The van der Waals surface area contributed by atoms with Gasteiger partial charge in [-0.15, -0.1) is 0 Å². The predicted molar refractivity (Wildman–Crippen MR) is 106 cm³/mol. The number of nitrogens with one attached hydrogen (secondary N) is 1. The summed E-state index contributed by atoms with van der Waals surface area (Å²) in [5.41, 5.74) is 3.76. The molecule has 0 aromatic heterocycles. The first-order chi connectivity index (χ1) is 13.0. The van der Waals surface area contributed by atoms with Crippen LogP contribution in [0.3, 0.4) is 0 Å². The van der Waals surface area contributed by atoms with Crippen molar-refractivity contribution in [2.45, 2.75) is 13.0 Å². The molecule has 1 amide bonds. The van der Waals surface area contributed by atoms with Crippen molar-refractivity contribution in [2.75, 3.05) is 20.8 Å². The maximum Gasteiger partial charge on any atom is 0.273 e. The minimum absolute atomic E-state index is 0.382. The lowest BCUT2D eigenvalue weighted by Gasteiger charge is -2.14. The molecule has 0 aliphatic carbocycles. The number of halogens is 2. The van der Waals surface area contributed by atoms with Crippen molar-refractivity contribution >= 4 is 35.3 Å². The second-order valence-corrected chi connectivity index (χ2v) is 6.21. The predicted octanol–water partition coefficient (Wildman–Crippen LogP) is 4.24. The number of nitrogens with zero attached hydrogens (tertiary/aromatic N) is 1. The number of hydrogen-bond acceptors (Lipinski definition) is 5. The van der Waals surface area contributed by atoms with Crippen molar-refractivity contribution in [3.63, 3.8) is 0 Å². The molecule has 6 nitrogen and oxygen atoms in total. The van der Waals surface area contributed by atoms with Crippen LogP contribution in [0.4, 0.5) is 0 Å². The van der Waals surface area contributed by atoms with Crippen molar-refractivity contribution in [1.82, 2.24) is 5.43 Å². The number of rotatable bonds is 8. The Balaban J connectivity index is 2.11. The van der Waals surface area contributed by atoms with Crippen molar-refractivity contribution in [3.05, 3.63) is 57.6 Å². The molecule has 0 aliphatic heterocycles. The van der Waals surface area contributed by atoms with E-state index in [4.69, 9.17) is 37.4 Å². The third kappa shape index (κ3) is 5.60. The molecule has 2 aromatic carbocycles. The van der Waals surface area contributed by atoms with E-state index in [-0.39, 0.29) is 0 Å². The van der Waals surface area contributed by atoms with Crippen LogP contribution < -0.4 is 14.9 Å². The Morgan fingerprint density at radius 1 is 1.22 bits per heavy atom. The number of carbonyl (C=O) groups excluding carboxylic acids is 1. The van der Waals surface area contributed by atoms with Crippen molar-refractivity contribution in [2.24, 2.45) is 5.10 Å². The largest absolute Gasteiger partial charge is 0.491 e. The Bertz CT molecular complexity index is 810. The van der Waals surface area contributed by atoms with Crippen LogP contribution in [0, 0.1) is 0 Å². The van der Waals surface area contributed by atoms with Gasteiger partial charge in [-0.1, -0.05) is 35.3 Å². The fraction of sp³-hybridized carbons (Fsp3) is 0.263. The molecule has 0 bridgehead atoms. The van der Waals surface area contributed by atoms with Crippen LogP contribution in [0.5, 0.6) is 11.5 Å². The Labute approximate surface area is 168 Å². The molecule has 2 rings (SSSR count). The lowest BCUT2D eigenvalue weighted by atomic mass is 10.1. The normalized spacial score (nSPS) is 12.0. The van der Waals surface area contributed by atoms with Crippen molar-refractivity contribution in [3.8, 4) is 11.5 Å². The number of benzene rings is 2. The van der Waals surface area contributed by atoms with Gasteiger partial charge in [-0.05, 0) is 42.3 Å². The summed E-state index contributed by atoms with van der Waals surface area (Å²) in [5, 5.41) is 4.92. The van der Waals surface area contributed by atoms with Crippen molar-refractivity contribution < 1.29 is 19.0 Å². The number of hydrogen-bond donors (Lipinski definition) is 1. The third-order valence-electron chi connectivity index (χ3n) is 3.57. The first-order valence-corrected chi connectivity index (χ1v) is 8.87. The van der Waals surface area contributed by atoms with E-state index in [1.54, 1.807) is 36.4 Å². The quantitative estimate of drug-likeness (QED) is 0.521. The Kier molecular flexibility index (Phi) is 7.91. The average molecular weight is 411 g/mol. The molecule has 1 N–H and O–H groups in total. The summed E-state index contributed by atoms with van der Waals surface area (Å²) in [7, 11) is 2.96. The summed E-state index contributed by atoms with van der Waals surface area (Å²) in [5.74, 6) is 0.527. The van der Waals surface area contributed by atoms with Gasteiger partial charge in [0.1, 0.15) is 0 Å². The van der Waals surface area contributed by atoms with Crippen LogP contribution in [0.2, 0.25) is 10.0 Å². The first-order valence-electron chi connectivity index (χ1n) is 8.11. The Hall–Kier alpha value is -2.28. The SMILES string of the molecule is CCOc1cc(C=NNC(=O)C(OC)c2ccc(Cl)cc2)cc(Cl)c1OC. The van der Waals surface area contributed by atoms with E-state index in [0.29, 0.717) is 39.3 Å². The number of methoxy groups -OCH3 is 2. The number of amides is 1. The molecular weight excluding hydrogens is 391 g/mol. The highest BCUT2D eigenvalue weighted by Crippen LogP contribution is 2.35. The average Bonchev–Trinajstić information content (AvgIpc) is 2.64. The number of ether oxygens (including phenoxy) is 3. The number of hydrazone groups is 1. The van der Waals surface area contributed by atoms with E-state index in [1.165, 1.54) is 20.4 Å². The topological polar surface area (TPSA) is 69.2 Å². The van der Waals surface area contributed by atoms with Gasteiger partial charge >= 0.3 is 0 Å². The summed E-state index contributed by atoms with van der Waals surface area (Å²) >= 11 is 12.1. The van der Waals surface area contributed by atoms with Gasteiger partial charge in [0, 0.05) is 12.1 Å². The second kappa shape index (κ2) is 10.2. The highest BCUT2D eigenvalue weighted by atomic mass is 35.5. The number of carbonyl (C=O) groups is 1. The van der Waals surface area contributed by atoms with E-state index < -0.39 is 12.0 Å². The summed E-state index contributed by atoms with van der Waals surface area (Å²) in [4.78, 5) is 12.3. The van der Waals surface area contributed by atoms with E-state index in [2.05, 4.69) is 10.5 Å². The zero-order valence-electron chi connectivity index (χ0n) is 15.2. The maximum atomic E-state index is 12.3. The second-order valence-electron chi connectivity index (χ2n) is 5.37. The molecule has 144 valence electrons. The molecule has 2 aromatic rings. The summed E-state index contributed by atoms with van der Waals surface area (Å²) in [6.45, 7) is 2.32. The fourth-order valence-corrected chi connectivity index (χ4v) is 2.81. The molecule has 0 heterocycles. The van der Waals surface area contributed by atoms with Crippen LogP contribution in [-0.4, -0.2) is 32.9 Å². The van der Waals surface area contributed by atoms with Crippen LogP contribution in [0.1, 0.15) is 24.2 Å². The Morgan fingerprint density at radius 3 is 2.52 bits per heavy atom. The Morgan fingerprint density at radius 2 is 1.93 bits per heavy atom. The molecule has 1 atom stereocenters. The molecule has 1 unspecified atom stereocenters. The van der Waals surface area contributed by atoms with Crippen LogP contribution >= 0.6 is 23.2 Å². The van der Waals surface area contributed by atoms with E-state index in [1.807, 2.05) is 6.92 Å². The minimum atomic E-state index is -0.808. The maximum absolute atomic E-state index is 12.3. The summed E-state index contributed by atoms with van der Waals surface area (Å²) < 4.78 is 16.0. The van der Waals surface area contributed by atoms with Gasteiger partial charge in [0.25, 0.3) is 5.91 Å². The van der Waals surface area contributed by atoms with Crippen molar-refractivity contribution in [1.29, 1.82) is 0 Å². The first kappa shape index (κ1) is 21.0.